The summed E-state index contributed by atoms with van der Waals surface area (Å²) in [5.41, 5.74) is 5.62. The van der Waals surface area contributed by atoms with Crippen LogP contribution in [0.2, 0.25) is 5.02 Å². The van der Waals surface area contributed by atoms with Crippen LogP contribution in [0, 0.1) is 5.82 Å². The Morgan fingerprint density at radius 1 is 1.35 bits per heavy atom. The van der Waals surface area contributed by atoms with E-state index in [1.54, 1.807) is 12.1 Å². The van der Waals surface area contributed by atoms with Gasteiger partial charge < -0.3 is 5.73 Å². The Morgan fingerprint density at radius 3 is 2.70 bits per heavy atom. The molecule has 0 atom stereocenters. The van der Waals surface area contributed by atoms with Gasteiger partial charge in [-0.05, 0) is 29.8 Å². The van der Waals surface area contributed by atoms with Crippen molar-refractivity contribution in [3.8, 4) is 0 Å². The first-order valence-corrected chi connectivity index (χ1v) is 7.42. The van der Waals surface area contributed by atoms with Crippen molar-refractivity contribution in [2.24, 2.45) is 5.73 Å². The molecule has 3 N–H and O–H groups in total. The molecule has 0 spiro atoms. The molecule has 2 rings (SSSR count). The van der Waals surface area contributed by atoms with E-state index in [2.05, 4.69) is 9.71 Å². The molecule has 0 saturated heterocycles. The lowest BCUT2D eigenvalue weighted by Gasteiger charge is -2.10. The summed E-state index contributed by atoms with van der Waals surface area (Å²) in [6.07, 6.45) is 1.44. The second kappa shape index (κ2) is 5.74. The first kappa shape index (κ1) is 14.7. The zero-order valence-electron chi connectivity index (χ0n) is 10.2. The number of hydrogen-bond acceptors (Lipinski definition) is 4. The SMILES string of the molecule is NCc1cc(S(=O)(=O)Nc2ccccn2)cc(F)c1Cl. The fraction of sp³-hybridized carbons (Fsp3) is 0.0833. The van der Waals surface area contributed by atoms with E-state index in [4.69, 9.17) is 17.3 Å². The summed E-state index contributed by atoms with van der Waals surface area (Å²) in [4.78, 5) is 3.58. The third-order valence-electron chi connectivity index (χ3n) is 2.51. The van der Waals surface area contributed by atoms with Gasteiger partial charge in [0, 0.05) is 12.7 Å². The zero-order valence-corrected chi connectivity index (χ0v) is 11.7. The minimum Gasteiger partial charge on any atom is -0.326 e. The van der Waals surface area contributed by atoms with Crippen molar-refractivity contribution in [2.75, 3.05) is 4.72 Å². The Bertz CT molecular complexity index is 723. The molecule has 1 aromatic carbocycles. The zero-order chi connectivity index (χ0) is 14.8. The van der Waals surface area contributed by atoms with E-state index in [-0.39, 0.29) is 27.8 Å². The molecular weight excluding hydrogens is 305 g/mol. The van der Waals surface area contributed by atoms with Gasteiger partial charge in [-0.25, -0.2) is 17.8 Å². The van der Waals surface area contributed by atoms with E-state index >= 15 is 0 Å². The highest BCUT2D eigenvalue weighted by Gasteiger charge is 2.19. The first-order chi connectivity index (χ1) is 9.44. The van der Waals surface area contributed by atoms with E-state index < -0.39 is 15.8 Å². The summed E-state index contributed by atoms with van der Waals surface area (Å²) >= 11 is 5.69. The van der Waals surface area contributed by atoms with Crippen molar-refractivity contribution in [1.82, 2.24) is 4.98 Å². The topological polar surface area (TPSA) is 85.1 Å². The molecule has 0 radical (unpaired) electrons. The van der Waals surface area contributed by atoms with Crippen LogP contribution in [-0.4, -0.2) is 13.4 Å². The lowest BCUT2D eigenvalue weighted by atomic mass is 10.2. The monoisotopic (exact) mass is 315 g/mol. The van der Waals surface area contributed by atoms with Gasteiger partial charge in [0.05, 0.1) is 9.92 Å². The summed E-state index contributed by atoms with van der Waals surface area (Å²) < 4.78 is 40.1. The summed E-state index contributed by atoms with van der Waals surface area (Å²) in [6, 6.07) is 6.82. The predicted molar refractivity (Wildman–Crippen MR) is 74.3 cm³/mol. The van der Waals surface area contributed by atoms with Gasteiger partial charge in [-0.15, -0.1) is 0 Å². The fourth-order valence-corrected chi connectivity index (χ4v) is 2.80. The van der Waals surface area contributed by atoms with E-state index in [0.29, 0.717) is 0 Å². The van der Waals surface area contributed by atoms with Crippen molar-refractivity contribution in [3.05, 3.63) is 52.9 Å². The number of rotatable bonds is 4. The standard InChI is InChI=1S/C12H11ClFN3O2S/c13-12-8(7-15)5-9(6-10(12)14)20(18,19)17-11-3-1-2-4-16-11/h1-6H,7,15H2,(H,16,17). The summed E-state index contributed by atoms with van der Waals surface area (Å²) in [7, 11) is -3.95. The second-order valence-electron chi connectivity index (χ2n) is 3.90. The van der Waals surface area contributed by atoms with Crippen molar-refractivity contribution in [1.29, 1.82) is 0 Å². The summed E-state index contributed by atoms with van der Waals surface area (Å²) in [6.45, 7) is -0.0668. The Labute approximate surface area is 120 Å². The van der Waals surface area contributed by atoms with Crippen LogP contribution in [0.5, 0.6) is 0 Å². The maximum atomic E-state index is 13.6. The van der Waals surface area contributed by atoms with Crippen molar-refractivity contribution in [2.45, 2.75) is 11.4 Å². The maximum absolute atomic E-state index is 13.6. The first-order valence-electron chi connectivity index (χ1n) is 5.56. The van der Waals surface area contributed by atoms with Gasteiger partial charge in [0.2, 0.25) is 0 Å². The Balaban J connectivity index is 2.42. The van der Waals surface area contributed by atoms with Gasteiger partial charge in [-0.1, -0.05) is 17.7 Å². The van der Waals surface area contributed by atoms with Crippen LogP contribution >= 0.6 is 11.6 Å². The number of nitrogens with zero attached hydrogens (tertiary/aromatic N) is 1. The number of aromatic nitrogens is 1. The minimum atomic E-state index is -3.95. The van der Waals surface area contributed by atoms with Gasteiger partial charge in [0.15, 0.2) is 0 Å². The molecule has 0 saturated carbocycles. The molecule has 106 valence electrons. The van der Waals surface area contributed by atoms with Crippen LogP contribution in [0.3, 0.4) is 0 Å². The molecule has 2 aromatic rings. The Hall–Kier alpha value is -1.70. The number of benzene rings is 1. The van der Waals surface area contributed by atoms with Crippen LogP contribution in [-0.2, 0) is 16.6 Å². The van der Waals surface area contributed by atoms with Crippen molar-refractivity contribution < 1.29 is 12.8 Å². The van der Waals surface area contributed by atoms with Gasteiger partial charge in [-0.2, -0.15) is 0 Å². The van der Waals surface area contributed by atoms with Crippen molar-refractivity contribution in [3.63, 3.8) is 0 Å². The fourth-order valence-electron chi connectivity index (χ4n) is 1.54. The lowest BCUT2D eigenvalue weighted by Crippen LogP contribution is -2.15. The number of pyridine rings is 1. The van der Waals surface area contributed by atoms with Crippen LogP contribution in [0.25, 0.3) is 0 Å². The summed E-state index contributed by atoms with van der Waals surface area (Å²) in [5, 5.41) is -0.177. The highest BCUT2D eigenvalue weighted by atomic mass is 35.5. The molecule has 8 heteroatoms. The molecule has 0 amide bonds. The molecule has 0 aliphatic rings. The smallest absolute Gasteiger partial charge is 0.263 e. The van der Waals surface area contributed by atoms with Crippen molar-refractivity contribution >= 4 is 27.4 Å². The molecule has 1 aromatic heterocycles. The molecule has 0 aliphatic heterocycles. The molecule has 5 nitrogen and oxygen atoms in total. The van der Waals surface area contributed by atoms with Gasteiger partial charge >= 0.3 is 0 Å². The quantitative estimate of drug-likeness (QED) is 0.905. The summed E-state index contributed by atoms with van der Waals surface area (Å²) in [5.74, 6) is -0.701. The third kappa shape index (κ3) is 3.06. The highest BCUT2D eigenvalue weighted by molar-refractivity contribution is 7.92. The molecule has 0 aliphatic carbocycles. The van der Waals surface area contributed by atoms with Crippen LogP contribution in [0.15, 0.2) is 41.4 Å². The normalized spacial score (nSPS) is 11.3. The molecule has 0 fully saturated rings. The van der Waals surface area contributed by atoms with Gasteiger partial charge in [-0.3, -0.25) is 4.72 Å². The largest absolute Gasteiger partial charge is 0.326 e. The van der Waals surface area contributed by atoms with E-state index in [1.807, 2.05) is 0 Å². The number of nitrogens with one attached hydrogen (secondary N) is 1. The average Bonchev–Trinajstić information content (AvgIpc) is 2.42. The number of hydrogen-bond donors (Lipinski definition) is 2. The Morgan fingerprint density at radius 2 is 2.10 bits per heavy atom. The second-order valence-corrected chi connectivity index (χ2v) is 5.96. The lowest BCUT2D eigenvalue weighted by molar-refractivity contribution is 0.594. The van der Waals surface area contributed by atoms with Crippen LogP contribution in [0.1, 0.15) is 5.56 Å². The number of halogens is 2. The average molecular weight is 316 g/mol. The van der Waals surface area contributed by atoms with Crippen LogP contribution in [0.4, 0.5) is 10.2 Å². The third-order valence-corrected chi connectivity index (χ3v) is 4.27. The molecular formula is C12H11ClFN3O2S. The number of anilines is 1. The van der Waals surface area contributed by atoms with Crippen LogP contribution < -0.4 is 10.5 Å². The molecule has 0 unspecified atom stereocenters. The predicted octanol–water partition coefficient (Wildman–Crippen LogP) is 2.13. The molecule has 1 heterocycles. The van der Waals surface area contributed by atoms with Gasteiger partial charge in [0.1, 0.15) is 11.6 Å². The maximum Gasteiger partial charge on any atom is 0.263 e. The minimum absolute atomic E-state index is 0.0668. The number of nitrogens with two attached hydrogens (primary N) is 1. The number of sulfonamides is 1. The Kier molecular flexibility index (Phi) is 4.22. The van der Waals surface area contributed by atoms with Gasteiger partial charge in [0.25, 0.3) is 10.0 Å². The highest BCUT2D eigenvalue weighted by Crippen LogP contribution is 2.25. The molecule has 20 heavy (non-hydrogen) atoms. The molecule has 0 bridgehead atoms. The van der Waals surface area contributed by atoms with E-state index in [1.165, 1.54) is 18.3 Å². The van der Waals surface area contributed by atoms with E-state index in [9.17, 15) is 12.8 Å². The van der Waals surface area contributed by atoms with E-state index in [0.717, 1.165) is 6.07 Å².